The smallest absolute Gasteiger partial charge is 0.0252 e. The Hall–Kier alpha value is 0.250. The van der Waals surface area contributed by atoms with Crippen molar-refractivity contribution in [3.8, 4) is 0 Å². The van der Waals surface area contributed by atoms with E-state index in [1.165, 1.54) is 45.2 Å². The van der Waals surface area contributed by atoms with Crippen LogP contribution in [0.25, 0.3) is 0 Å². The molecule has 3 rings (SSSR count). The van der Waals surface area contributed by atoms with Gasteiger partial charge in [-0.05, 0) is 50.0 Å². The molecular formula is C11H18ClN. The minimum absolute atomic E-state index is 0.724. The van der Waals surface area contributed by atoms with Crippen LogP contribution in [-0.4, -0.2) is 29.9 Å². The molecule has 1 nitrogen and oxygen atoms in total. The van der Waals surface area contributed by atoms with Crippen molar-refractivity contribution >= 4 is 11.6 Å². The van der Waals surface area contributed by atoms with Gasteiger partial charge in [0, 0.05) is 18.5 Å². The predicted octanol–water partition coefficient (Wildman–Crippen LogP) is 2.49. The zero-order chi connectivity index (χ0) is 8.89. The van der Waals surface area contributed by atoms with Crippen LogP contribution in [0.4, 0.5) is 0 Å². The number of likely N-dealkylation sites (tertiary alicyclic amines) is 1. The molecule has 0 aromatic heterocycles. The molecule has 13 heavy (non-hydrogen) atoms. The summed E-state index contributed by atoms with van der Waals surface area (Å²) < 4.78 is 0. The molecule has 1 heterocycles. The van der Waals surface area contributed by atoms with Crippen LogP contribution < -0.4 is 0 Å². The summed E-state index contributed by atoms with van der Waals surface area (Å²) in [6.07, 6.45) is 7.22. The molecule has 0 aromatic rings. The van der Waals surface area contributed by atoms with E-state index in [2.05, 4.69) is 4.90 Å². The van der Waals surface area contributed by atoms with Crippen LogP contribution in [0.5, 0.6) is 0 Å². The fourth-order valence-electron chi connectivity index (χ4n) is 3.33. The quantitative estimate of drug-likeness (QED) is 0.618. The minimum atomic E-state index is 0.724. The van der Waals surface area contributed by atoms with Crippen molar-refractivity contribution in [2.24, 2.45) is 11.3 Å². The number of nitrogens with zero attached hydrogens (tertiary/aromatic N) is 1. The first-order valence-corrected chi connectivity index (χ1v) is 6.15. The van der Waals surface area contributed by atoms with Gasteiger partial charge in [0.25, 0.3) is 0 Å². The van der Waals surface area contributed by atoms with Gasteiger partial charge in [-0.2, -0.15) is 0 Å². The summed E-state index contributed by atoms with van der Waals surface area (Å²) in [5.74, 6) is 1.74. The van der Waals surface area contributed by atoms with Gasteiger partial charge in [-0.25, -0.2) is 0 Å². The van der Waals surface area contributed by atoms with E-state index in [-0.39, 0.29) is 0 Å². The van der Waals surface area contributed by atoms with Crippen LogP contribution in [0.2, 0.25) is 0 Å². The molecule has 0 amide bonds. The third-order valence-electron chi connectivity index (χ3n) is 4.19. The average Bonchev–Trinajstić information content (AvgIpc) is 2.82. The standard InChI is InChI=1S/C11H18ClN/c12-7-9-5-11(6-9)3-4-13(8-11)10-1-2-10/h9-10H,1-8H2. The zero-order valence-corrected chi connectivity index (χ0v) is 8.89. The monoisotopic (exact) mass is 199 g/mol. The van der Waals surface area contributed by atoms with Crippen molar-refractivity contribution in [2.45, 2.75) is 38.1 Å². The van der Waals surface area contributed by atoms with Gasteiger partial charge in [-0.1, -0.05) is 0 Å². The Morgan fingerprint density at radius 1 is 1.31 bits per heavy atom. The highest BCUT2D eigenvalue weighted by atomic mass is 35.5. The van der Waals surface area contributed by atoms with Crippen LogP contribution in [0.15, 0.2) is 0 Å². The topological polar surface area (TPSA) is 3.24 Å². The summed E-state index contributed by atoms with van der Waals surface area (Å²) in [4.78, 5) is 2.73. The third kappa shape index (κ3) is 1.41. The average molecular weight is 200 g/mol. The number of rotatable bonds is 2. The molecule has 2 heteroatoms. The highest BCUT2D eigenvalue weighted by molar-refractivity contribution is 6.18. The number of hydrogen-bond donors (Lipinski definition) is 0. The largest absolute Gasteiger partial charge is 0.300 e. The van der Waals surface area contributed by atoms with E-state index in [9.17, 15) is 0 Å². The molecule has 0 atom stereocenters. The van der Waals surface area contributed by atoms with Crippen LogP contribution in [0.1, 0.15) is 32.1 Å². The van der Waals surface area contributed by atoms with E-state index < -0.39 is 0 Å². The van der Waals surface area contributed by atoms with E-state index in [0.29, 0.717) is 0 Å². The molecule has 1 aliphatic heterocycles. The summed E-state index contributed by atoms with van der Waals surface area (Å²) in [6.45, 7) is 2.77. The summed E-state index contributed by atoms with van der Waals surface area (Å²) in [6, 6.07) is 0.981. The molecule has 1 spiro atoms. The Morgan fingerprint density at radius 2 is 2.08 bits per heavy atom. The summed E-state index contributed by atoms with van der Waals surface area (Å²) in [5, 5.41) is 0. The van der Waals surface area contributed by atoms with Crippen molar-refractivity contribution < 1.29 is 0 Å². The molecule has 0 unspecified atom stereocenters. The Kier molecular flexibility index (Phi) is 1.89. The third-order valence-corrected chi connectivity index (χ3v) is 4.63. The molecule has 0 bridgehead atoms. The van der Waals surface area contributed by atoms with Gasteiger partial charge >= 0.3 is 0 Å². The van der Waals surface area contributed by atoms with E-state index >= 15 is 0 Å². The van der Waals surface area contributed by atoms with Crippen LogP contribution in [0.3, 0.4) is 0 Å². The lowest BCUT2D eigenvalue weighted by Gasteiger charge is -2.44. The molecule has 74 valence electrons. The van der Waals surface area contributed by atoms with Crippen molar-refractivity contribution in [1.82, 2.24) is 4.90 Å². The lowest BCUT2D eigenvalue weighted by atomic mass is 9.62. The molecule has 0 aromatic carbocycles. The maximum absolute atomic E-state index is 5.86. The first-order chi connectivity index (χ1) is 6.31. The molecule has 0 N–H and O–H groups in total. The van der Waals surface area contributed by atoms with E-state index in [1.807, 2.05) is 0 Å². The second-order valence-corrected chi connectivity index (χ2v) is 5.69. The molecular weight excluding hydrogens is 182 g/mol. The summed E-state index contributed by atoms with van der Waals surface area (Å²) >= 11 is 5.86. The first-order valence-electron chi connectivity index (χ1n) is 5.61. The van der Waals surface area contributed by atoms with Crippen LogP contribution in [-0.2, 0) is 0 Å². The maximum atomic E-state index is 5.86. The van der Waals surface area contributed by atoms with Crippen molar-refractivity contribution in [1.29, 1.82) is 0 Å². The van der Waals surface area contributed by atoms with Crippen LogP contribution >= 0.6 is 11.6 Å². The van der Waals surface area contributed by atoms with Crippen molar-refractivity contribution in [3.05, 3.63) is 0 Å². The van der Waals surface area contributed by atoms with E-state index in [4.69, 9.17) is 11.6 Å². The second kappa shape index (κ2) is 2.87. The fourth-order valence-corrected chi connectivity index (χ4v) is 3.55. The van der Waals surface area contributed by atoms with Crippen molar-refractivity contribution in [2.75, 3.05) is 19.0 Å². The van der Waals surface area contributed by atoms with E-state index in [1.54, 1.807) is 0 Å². The number of alkyl halides is 1. The Labute approximate surface area is 85.4 Å². The van der Waals surface area contributed by atoms with Gasteiger partial charge < -0.3 is 0 Å². The molecule has 3 aliphatic rings. The Balaban J connectivity index is 1.57. The molecule has 1 saturated heterocycles. The zero-order valence-electron chi connectivity index (χ0n) is 8.14. The second-order valence-electron chi connectivity index (χ2n) is 5.38. The first kappa shape index (κ1) is 8.55. The van der Waals surface area contributed by atoms with Crippen LogP contribution in [0, 0.1) is 11.3 Å². The van der Waals surface area contributed by atoms with Gasteiger partial charge in [-0.15, -0.1) is 11.6 Å². The Morgan fingerprint density at radius 3 is 2.69 bits per heavy atom. The fraction of sp³-hybridized carbons (Fsp3) is 1.00. The van der Waals surface area contributed by atoms with Gasteiger partial charge in [0.1, 0.15) is 0 Å². The number of halogens is 1. The lowest BCUT2D eigenvalue weighted by molar-refractivity contribution is 0.0758. The van der Waals surface area contributed by atoms with Gasteiger partial charge in [0.05, 0.1) is 0 Å². The van der Waals surface area contributed by atoms with E-state index in [0.717, 1.165) is 23.3 Å². The SMILES string of the molecule is ClCC1CC2(CCN(C3CC3)C2)C1. The highest BCUT2D eigenvalue weighted by Crippen LogP contribution is 2.53. The highest BCUT2D eigenvalue weighted by Gasteiger charge is 2.50. The van der Waals surface area contributed by atoms with Gasteiger partial charge in [-0.3, -0.25) is 4.90 Å². The molecule has 2 aliphatic carbocycles. The minimum Gasteiger partial charge on any atom is -0.300 e. The normalized spacial score (nSPS) is 45.5. The van der Waals surface area contributed by atoms with Gasteiger partial charge in [0.15, 0.2) is 0 Å². The molecule has 2 saturated carbocycles. The number of hydrogen-bond acceptors (Lipinski definition) is 1. The van der Waals surface area contributed by atoms with Crippen molar-refractivity contribution in [3.63, 3.8) is 0 Å². The molecule has 3 fully saturated rings. The maximum Gasteiger partial charge on any atom is 0.0252 e. The predicted molar refractivity (Wildman–Crippen MR) is 55.1 cm³/mol. The lowest BCUT2D eigenvalue weighted by Crippen LogP contribution is -2.40. The molecule has 0 radical (unpaired) electrons. The van der Waals surface area contributed by atoms with Gasteiger partial charge in [0.2, 0.25) is 0 Å². The summed E-state index contributed by atoms with van der Waals surface area (Å²) in [5.41, 5.74) is 0.724. The Bertz CT molecular complexity index is 206. The summed E-state index contributed by atoms with van der Waals surface area (Å²) in [7, 11) is 0.